The molecule has 0 radical (unpaired) electrons. The average Bonchev–Trinajstić information content (AvgIpc) is 2.38. The van der Waals surface area contributed by atoms with Gasteiger partial charge in [-0.3, -0.25) is 4.79 Å². The highest BCUT2D eigenvalue weighted by Gasteiger charge is 2.35. The summed E-state index contributed by atoms with van der Waals surface area (Å²) in [5.41, 5.74) is 4.57. The van der Waals surface area contributed by atoms with E-state index in [0.717, 1.165) is 6.07 Å². The normalized spacial score (nSPS) is 11.3. The minimum atomic E-state index is -4.52. The van der Waals surface area contributed by atoms with Gasteiger partial charge in [0.2, 0.25) is 5.91 Å². The maximum absolute atomic E-state index is 13.0. The number of hydrogen-bond acceptors (Lipinski definition) is 3. The first-order chi connectivity index (χ1) is 9.70. The molecule has 0 heterocycles. The van der Waals surface area contributed by atoms with Gasteiger partial charge in [0.15, 0.2) is 0 Å². The lowest BCUT2D eigenvalue weighted by molar-refractivity contribution is -0.137. The number of likely N-dealkylation sites (N-methyl/N-ethyl adjacent to an activating group) is 2. The van der Waals surface area contributed by atoms with Gasteiger partial charge in [-0.15, -0.1) is 0 Å². The molecule has 4 nitrogen and oxygen atoms in total. The van der Waals surface area contributed by atoms with Gasteiger partial charge in [-0.05, 0) is 32.0 Å². The average molecular weight is 303 g/mol. The number of carbonyl (C=O) groups excluding carboxylic acids is 1. The van der Waals surface area contributed by atoms with E-state index in [1.54, 1.807) is 4.90 Å². The van der Waals surface area contributed by atoms with Crippen molar-refractivity contribution in [1.82, 2.24) is 4.90 Å². The van der Waals surface area contributed by atoms with E-state index in [0.29, 0.717) is 13.1 Å². The number of hydrogen-bond donors (Lipinski definition) is 1. The Morgan fingerprint density at radius 3 is 2.29 bits per heavy atom. The fourth-order valence-electron chi connectivity index (χ4n) is 2.08. The Bertz CT molecular complexity index is 499. The SMILES string of the molecule is CCN(CC)C(=O)CN(C)c1ccc(N)cc1C(F)(F)F. The lowest BCUT2D eigenvalue weighted by Gasteiger charge is -2.26. The highest BCUT2D eigenvalue weighted by atomic mass is 19.4. The Labute approximate surface area is 122 Å². The molecule has 2 N–H and O–H groups in total. The maximum atomic E-state index is 13.0. The van der Waals surface area contributed by atoms with Crippen molar-refractivity contribution in [2.75, 3.05) is 37.3 Å². The number of nitrogens with zero attached hydrogens (tertiary/aromatic N) is 2. The molecule has 1 amide bonds. The molecule has 0 aromatic heterocycles. The van der Waals surface area contributed by atoms with Gasteiger partial charge in [0.1, 0.15) is 0 Å². The van der Waals surface area contributed by atoms with Crippen LogP contribution >= 0.6 is 0 Å². The van der Waals surface area contributed by atoms with Crippen molar-refractivity contribution in [3.8, 4) is 0 Å². The van der Waals surface area contributed by atoms with Crippen LogP contribution in [-0.2, 0) is 11.0 Å². The lowest BCUT2D eigenvalue weighted by Crippen LogP contribution is -2.39. The van der Waals surface area contributed by atoms with Gasteiger partial charge in [0.25, 0.3) is 0 Å². The molecule has 0 atom stereocenters. The van der Waals surface area contributed by atoms with Crippen molar-refractivity contribution < 1.29 is 18.0 Å². The zero-order valence-corrected chi connectivity index (χ0v) is 12.4. The minimum Gasteiger partial charge on any atom is -0.399 e. The molecule has 7 heteroatoms. The molecule has 0 aliphatic rings. The molecule has 0 bridgehead atoms. The summed E-state index contributed by atoms with van der Waals surface area (Å²) in [5.74, 6) is -0.215. The van der Waals surface area contributed by atoms with Crippen LogP contribution in [0.3, 0.4) is 0 Å². The predicted molar refractivity (Wildman–Crippen MR) is 77.1 cm³/mol. The monoisotopic (exact) mass is 303 g/mol. The lowest BCUT2D eigenvalue weighted by atomic mass is 10.1. The van der Waals surface area contributed by atoms with Crippen LogP contribution in [0.25, 0.3) is 0 Å². The van der Waals surface area contributed by atoms with E-state index in [1.165, 1.54) is 24.1 Å². The van der Waals surface area contributed by atoms with Gasteiger partial charge in [-0.1, -0.05) is 0 Å². The summed E-state index contributed by atoms with van der Waals surface area (Å²) >= 11 is 0. The molecule has 1 aromatic carbocycles. The largest absolute Gasteiger partial charge is 0.418 e. The summed E-state index contributed by atoms with van der Waals surface area (Å²) in [6.45, 7) is 4.58. The van der Waals surface area contributed by atoms with Crippen molar-refractivity contribution in [3.63, 3.8) is 0 Å². The van der Waals surface area contributed by atoms with Crippen LogP contribution in [0.4, 0.5) is 24.5 Å². The first-order valence-corrected chi connectivity index (χ1v) is 6.66. The topological polar surface area (TPSA) is 49.6 Å². The van der Waals surface area contributed by atoms with E-state index in [1.807, 2.05) is 13.8 Å². The first kappa shape index (κ1) is 17.1. The van der Waals surface area contributed by atoms with E-state index >= 15 is 0 Å². The smallest absolute Gasteiger partial charge is 0.399 e. The molecule has 0 aliphatic heterocycles. The molecule has 1 rings (SSSR count). The van der Waals surface area contributed by atoms with E-state index in [-0.39, 0.29) is 23.8 Å². The van der Waals surface area contributed by atoms with Crippen LogP contribution in [0.15, 0.2) is 18.2 Å². The van der Waals surface area contributed by atoms with Gasteiger partial charge < -0.3 is 15.5 Å². The summed E-state index contributed by atoms with van der Waals surface area (Å²) < 4.78 is 39.1. The van der Waals surface area contributed by atoms with Crippen molar-refractivity contribution in [2.24, 2.45) is 0 Å². The molecule has 0 saturated heterocycles. The molecular weight excluding hydrogens is 283 g/mol. The molecule has 21 heavy (non-hydrogen) atoms. The van der Waals surface area contributed by atoms with Crippen LogP contribution in [0.5, 0.6) is 0 Å². The van der Waals surface area contributed by atoms with Crippen LogP contribution in [-0.4, -0.2) is 37.5 Å². The standard InChI is InChI=1S/C14H20F3N3O/c1-4-20(5-2)13(21)9-19(3)12-7-6-10(18)8-11(12)14(15,16)17/h6-8H,4-5,9,18H2,1-3H3. The number of anilines is 2. The van der Waals surface area contributed by atoms with E-state index < -0.39 is 11.7 Å². The zero-order chi connectivity index (χ0) is 16.2. The van der Waals surface area contributed by atoms with Crippen molar-refractivity contribution in [3.05, 3.63) is 23.8 Å². The Balaban J connectivity index is 3.03. The molecule has 0 aliphatic carbocycles. The van der Waals surface area contributed by atoms with Crippen molar-refractivity contribution in [1.29, 1.82) is 0 Å². The number of amides is 1. The third-order valence-corrected chi connectivity index (χ3v) is 3.23. The molecule has 0 fully saturated rings. The molecule has 0 unspecified atom stereocenters. The van der Waals surface area contributed by atoms with Gasteiger partial charge in [0, 0.05) is 31.5 Å². The number of benzene rings is 1. The van der Waals surface area contributed by atoms with E-state index in [2.05, 4.69) is 0 Å². The number of alkyl halides is 3. The Hall–Kier alpha value is -1.92. The second-order valence-corrected chi connectivity index (χ2v) is 4.70. The fourth-order valence-corrected chi connectivity index (χ4v) is 2.08. The second kappa shape index (κ2) is 6.69. The minimum absolute atomic E-state index is 0.0366. The van der Waals surface area contributed by atoms with Crippen LogP contribution in [0, 0.1) is 0 Å². The number of halogens is 3. The molecule has 0 spiro atoms. The summed E-state index contributed by atoms with van der Waals surface area (Å²) in [4.78, 5) is 14.9. The van der Waals surface area contributed by atoms with Gasteiger partial charge in [-0.25, -0.2) is 0 Å². The van der Waals surface area contributed by atoms with Crippen LogP contribution < -0.4 is 10.6 Å². The van der Waals surface area contributed by atoms with Gasteiger partial charge >= 0.3 is 6.18 Å². The molecule has 0 saturated carbocycles. The summed E-state index contributed by atoms with van der Waals surface area (Å²) in [7, 11) is 1.46. The Kier molecular flexibility index (Phi) is 5.46. The number of nitrogen functional groups attached to an aromatic ring is 1. The number of carbonyl (C=O) groups is 1. The third-order valence-electron chi connectivity index (χ3n) is 3.23. The highest BCUT2D eigenvalue weighted by molar-refractivity contribution is 5.82. The first-order valence-electron chi connectivity index (χ1n) is 6.66. The summed E-state index contributed by atoms with van der Waals surface area (Å²) in [6.07, 6.45) is -4.52. The molecular formula is C14H20F3N3O. The fraction of sp³-hybridized carbons (Fsp3) is 0.500. The Morgan fingerprint density at radius 2 is 1.81 bits per heavy atom. The highest BCUT2D eigenvalue weighted by Crippen LogP contribution is 2.37. The van der Waals surface area contributed by atoms with Crippen molar-refractivity contribution >= 4 is 17.3 Å². The third kappa shape index (κ3) is 4.27. The van der Waals surface area contributed by atoms with Crippen molar-refractivity contribution in [2.45, 2.75) is 20.0 Å². The second-order valence-electron chi connectivity index (χ2n) is 4.70. The molecule has 1 aromatic rings. The number of nitrogens with two attached hydrogens (primary N) is 1. The summed E-state index contributed by atoms with van der Waals surface area (Å²) in [6, 6.07) is 3.56. The van der Waals surface area contributed by atoms with Gasteiger partial charge in [-0.2, -0.15) is 13.2 Å². The Morgan fingerprint density at radius 1 is 1.24 bits per heavy atom. The van der Waals surface area contributed by atoms with Crippen LogP contribution in [0.1, 0.15) is 19.4 Å². The zero-order valence-electron chi connectivity index (χ0n) is 12.4. The quantitative estimate of drug-likeness (QED) is 0.851. The predicted octanol–water partition coefficient (Wildman–Crippen LogP) is 2.59. The van der Waals surface area contributed by atoms with Gasteiger partial charge in [0.05, 0.1) is 12.1 Å². The summed E-state index contributed by atoms with van der Waals surface area (Å²) in [5, 5.41) is 0. The van der Waals surface area contributed by atoms with Crippen LogP contribution in [0.2, 0.25) is 0 Å². The van der Waals surface area contributed by atoms with E-state index in [4.69, 9.17) is 5.73 Å². The molecule has 118 valence electrons. The maximum Gasteiger partial charge on any atom is 0.418 e. The number of rotatable bonds is 5. The van der Waals surface area contributed by atoms with E-state index in [9.17, 15) is 18.0 Å².